The lowest BCUT2D eigenvalue weighted by Gasteiger charge is -2.25. The lowest BCUT2D eigenvalue weighted by molar-refractivity contribution is -0.142. The highest BCUT2D eigenvalue weighted by Crippen LogP contribution is 2.13. The molecule has 0 aromatic heterocycles. The largest absolute Gasteiger partial charge is 0.508 e. The molecule has 4 unspecified atom stereocenters. The number of rotatable bonds is 16. The Hall–Kier alpha value is -3.32. The van der Waals surface area contributed by atoms with E-state index in [1.165, 1.54) is 23.9 Å². The van der Waals surface area contributed by atoms with Crippen LogP contribution in [0.4, 0.5) is 0 Å². The van der Waals surface area contributed by atoms with Crippen LogP contribution < -0.4 is 21.7 Å². The molecule has 206 valence electrons. The van der Waals surface area contributed by atoms with Crippen molar-refractivity contribution in [3.05, 3.63) is 29.8 Å². The van der Waals surface area contributed by atoms with E-state index in [1.807, 2.05) is 20.1 Å². The van der Waals surface area contributed by atoms with Crippen LogP contribution in [-0.4, -0.2) is 81.2 Å². The smallest absolute Gasteiger partial charge is 0.326 e. The first-order valence-electron chi connectivity index (χ1n) is 11.7. The van der Waals surface area contributed by atoms with E-state index in [4.69, 9.17) is 10.8 Å². The average Bonchev–Trinajstić information content (AvgIpc) is 2.81. The molecule has 0 aliphatic rings. The Morgan fingerprint density at radius 2 is 1.43 bits per heavy atom. The number of nitrogens with two attached hydrogens (primary N) is 1. The summed E-state index contributed by atoms with van der Waals surface area (Å²) in [5, 5.41) is 35.4. The number of aromatic hydroxyl groups is 1. The summed E-state index contributed by atoms with van der Waals surface area (Å²) in [6.07, 6.45) is 1.52. The Kier molecular flexibility index (Phi) is 13.5. The molecule has 0 heterocycles. The van der Waals surface area contributed by atoms with E-state index in [0.717, 1.165) is 0 Å². The topological polar surface area (TPSA) is 208 Å². The molecule has 1 rings (SSSR count). The summed E-state index contributed by atoms with van der Waals surface area (Å²) in [6, 6.07) is 1.03. The van der Waals surface area contributed by atoms with Crippen LogP contribution in [0.5, 0.6) is 5.75 Å². The molecular weight excluding hydrogens is 504 g/mol. The van der Waals surface area contributed by atoms with Gasteiger partial charge in [0.25, 0.3) is 0 Å². The number of amides is 3. The first-order chi connectivity index (χ1) is 17.3. The van der Waals surface area contributed by atoms with Crippen LogP contribution in [0.15, 0.2) is 24.3 Å². The molecule has 0 bridgehead atoms. The summed E-state index contributed by atoms with van der Waals surface area (Å²) >= 11 is 1.43. The summed E-state index contributed by atoms with van der Waals surface area (Å²) in [5.74, 6) is -4.27. The molecule has 0 spiro atoms. The predicted octanol–water partition coefficient (Wildman–Crippen LogP) is 0.0749. The van der Waals surface area contributed by atoms with Crippen molar-refractivity contribution in [2.45, 2.75) is 63.7 Å². The third-order valence-electron chi connectivity index (χ3n) is 5.31. The molecule has 0 radical (unpaired) electrons. The first-order valence-corrected chi connectivity index (χ1v) is 13.1. The van der Waals surface area contributed by atoms with Gasteiger partial charge in [-0.3, -0.25) is 19.2 Å². The van der Waals surface area contributed by atoms with Crippen LogP contribution >= 0.6 is 11.8 Å². The van der Waals surface area contributed by atoms with E-state index in [0.29, 0.717) is 11.3 Å². The summed E-state index contributed by atoms with van der Waals surface area (Å²) in [5.41, 5.74) is 6.21. The van der Waals surface area contributed by atoms with Gasteiger partial charge in [0.15, 0.2) is 0 Å². The number of carbonyl (C=O) groups excluding carboxylic acids is 3. The van der Waals surface area contributed by atoms with E-state index < -0.39 is 60.2 Å². The minimum Gasteiger partial charge on any atom is -0.508 e. The van der Waals surface area contributed by atoms with E-state index in [2.05, 4.69) is 16.0 Å². The molecule has 3 amide bonds. The van der Waals surface area contributed by atoms with Crippen LogP contribution in [0, 0.1) is 5.92 Å². The van der Waals surface area contributed by atoms with Gasteiger partial charge in [-0.1, -0.05) is 26.0 Å². The summed E-state index contributed by atoms with van der Waals surface area (Å²) in [7, 11) is 0. The van der Waals surface area contributed by atoms with Gasteiger partial charge in [0.2, 0.25) is 17.7 Å². The molecule has 8 N–H and O–H groups in total. The Labute approximate surface area is 219 Å². The quantitative estimate of drug-likeness (QED) is 0.150. The zero-order valence-corrected chi connectivity index (χ0v) is 21.9. The third-order valence-corrected chi connectivity index (χ3v) is 5.95. The molecule has 0 saturated heterocycles. The molecule has 0 aliphatic heterocycles. The number of benzene rings is 1. The van der Waals surface area contributed by atoms with Gasteiger partial charge in [0.1, 0.15) is 23.9 Å². The van der Waals surface area contributed by atoms with E-state index in [-0.39, 0.29) is 30.9 Å². The van der Waals surface area contributed by atoms with Crippen molar-refractivity contribution in [1.29, 1.82) is 0 Å². The van der Waals surface area contributed by atoms with Gasteiger partial charge >= 0.3 is 11.9 Å². The number of hydrogen-bond donors (Lipinski definition) is 7. The van der Waals surface area contributed by atoms with Crippen LogP contribution in [0.2, 0.25) is 0 Å². The van der Waals surface area contributed by atoms with E-state index >= 15 is 0 Å². The van der Waals surface area contributed by atoms with Crippen LogP contribution in [0.1, 0.15) is 38.7 Å². The van der Waals surface area contributed by atoms with Crippen molar-refractivity contribution in [2.24, 2.45) is 11.7 Å². The van der Waals surface area contributed by atoms with E-state index in [9.17, 15) is 34.2 Å². The molecule has 0 saturated carbocycles. The Morgan fingerprint density at radius 1 is 0.892 bits per heavy atom. The van der Waals surface area contributed by atoms with Crippen molar-refractivity contribution >= 4 is 41.4 Å². The van der Waals surface area contributed by atoms with Crippen molar-refractivity contribution in [3.63, 3.8) is 0 Å². The molecule has 0 fully saturated rings. The molecule has 0 aliphatic carbocycles. The van der Waals surface area contributed by atoms with Gasteiger partial charge < -0.3 is 37.0 Å². The second-order valence-electron chi connectivity index (χ2n) is 9.01. The van der Waals surface area contributed by atoms with Gasteiger partial charge in [-0.05, 0) is 48.5 Å². The number of phenols is 1. The lowest BCUT2D eigenvalue weighted by atomic mass is 10.0. The van der Waals surface area contributed by atoms with Crippen molar-refractivity contribution < 1.29 is 39.3 Å². The number of carbonyl (C=O) groups is 5. The molecule has 4 atom stereocenters. The van der Waals surface area contributed by atoms with Crippen LogP contribution in [-0.2, 0) is 30.4 Å². The maximum absolute atomic E-state index is 13.2. The fraction of sp³-hybridized carbons (Fsp3) is 0.542. The molecule has 12 nitrogen and oxygen atoms in total. The Bertz CT molecular complexity index is 941. The number of hydrogen-bond acceptors (Lipinski definition) is 8. The van der Waals surface area contributed by atoms with Gasteiger partial charge in [-0.2, -0.15) is 11.8 Å². The van der Waals surface area contributed by atoms with Gasteiger partial charge in [0.05, 0.1) is 12.5 Å². The van der Waals surface area contributed by atoms with E-state index in [1.54, 1.807) is 12.1 Å². The highest BCUT2D eigenvalue weighted by molar-refractivity contribution is 7.98. The normalized spacial score (nSPS) is 14.2. The van der Waals surface area contributed by atoms with Crippen molar-refractivity contribution in [3.8, 4) is 5.75 Å². The van der Waals surface area contributed by atoms with Crippen LogP contribution in [0.25, 0.3) is 0 Å². The number of nitrogens with one attached hydrogen (secondary N) is 3. The fourth-order valence-corrected chi connectivity index (χ4v) is 3.85. The second-order valence-corrected chi connectivity index (χ2v) is 9.99. The number of aliphatic carboxylic acids is 2. The summed E-state index contributed by atoms with van der Waals surface area (Å²) in [6.45, 7) is 3.64. The second kappa shape index (κ2) is 15.7. The molecule has 37 heavy (non-hydrogen) atoms. The predicted molar refractivity (Wildman–Crippen MR) is 138 cm³/mol. The summed E-state index contributed by atoms with van der Waals surface area (Å²) < 4.78 is 0. The van der Waals surface area contributed by atoms with Crippen molar-refractivity contribution in [2.75, 3.05) is 12.0 Å². The van der Waals surface area contributed by atoms with Gasteiger partial charge in [0, 0.05) is 6.42 Å². The number of phenolic OH excluding ortho intramolecular Hbond substituents is 1. The number of carboxylic acids is 2. The summed E-state index contributed by atoms with van der Waals surface area (Å²) in [4.78, 5) is 61.2. The maximum Gasteiger partial charge on any atom is 0.326 e. The fourth-order valence-electron chi connectivity index (χ4n) is 3.38. The minimum atomic E-state index is -1.41. The van der Waals surface area contributed by atoms with Gasteiger partial charge in [-0.25, -0.2) is 4.79 Å². The molecule has 13 heteroatoms. The standard InChI is InChI=1S/C24H36N4O8S/c1-13(2)10-19(24(35)36)28-22(33)17(8-9-37-3)26-23(34)18(11-14-4-6-15(29)7-5-14)27-21(32)16(25)12-20(30)31/h4-7,13,16-19,29H,8-12,25H2,1-3H3,(H,26,34)(H,27,32)(H,28,33)(H,30,31)(H,35,36). The molecular formula is C24H36N4O8S. The number of thioether (sulfide) groups is 1. The Balaban J connectivity index is 3.12. The monoisotopic (exact) mass is 540 g/mol. The highest BCUT2D eigenvalue weighted by Gasteiger charge is 2.31. The molecule has 1 aromatic rings. The molecule has 1 aromatic carbocycles. The first kappa shape index (κ1) is 31.7. The average molecular weight is 541 g/mol. The SMILES string of the molecule is CSCCC(NC(=O)C(Cc1ccc(O)cc1)NC(=O)C(N)CC(=O)O)C(=O)NC(CC(C)C)C(=O)O. The number of carboxylic acid groups (broad SMARTS) is 2. The zero-order chi connectivity index (χ0) is 28.1. The highest BCUT2D eigenvalue weighted by atomic mass is 32.2. The van der Waals surface area contributed by atoms with Gasteiger partial charge in [-0.15, -0.1) is 0 Å². The third kappa shape index (κ3) is 12.0. The zero-order valence-electron chi connectivity index (χ0n) is 21.1. The van der Waals surface area contributed by atoms with Crippen LogP contribution in [0.3, 0.4) is 0 Å². The minimum absolute atomic E-state index is 0.000417. The lowest BCUT2D eigenvalue weighted by Crippen LogP contribution is -2.58. The Morgan fingerprint density at radius 3 is 1.95 bits per heavy atom. The maximum atomic E-state index is 13.2. The van der Waals surface area contributed by atoms with Crippen molar-refractivity contribution in [1.82, 2.24) is 16.0 Å².